The van der Waals surface area contributed by atoms with E-state index in [2.05, 4.69) is 5.32 Å². The van der Waals surface area contributed by atoms with Gasteiger partial charge in [0, 0.05) is 12.1 Å². The first-order valence-corrected chi connectivity index (χ1v) is 9.40. The van der Waals surface area contributed by atoms with E-state index in [1.54, 1.807) is 12.1 Å². The van der Waals surface area contributed by atoms with E-state index < -0.39 is 5.25 Å². The van der Waals surface area contributed by atoms with Gasteiger partial charge < -0.3 is 5.32 Å². The maximum absolute atomic E-state index is 12.6. The van der Waals surface area contributed by atoms with Crippen molar-refractivity contribution in [2.75, 3.05) is 16.0 Å². The van der Waals surface area contributed by atoms with Gasteiger partial charge in [0.05, 0.1) is 16.7 Å². The smallest absolute Gasteiger partial charge is 0.247 e. The van der Waals surface area contributed by atoms with Crippen LogP contribution in [0.4, 0.5) is 11.4 Å². The molecular weight excluding hydrogens is 348 g/mol. The summed E-state index contributed by atoms with van der Waals surface area (Å²) in [6.07, 6.45) is 0.120. The van der Waals surface area contributed by atoms with Gasteiger partial charge in [-0.25, -0.2) is 4.90 Å². The number of thioether (sulfide) groups is 1. The highest BCUT2D eigenvalue weighted by Gasteiger charge is 2.39. The molecule has 1 saturated heterocycles. The van der Waals surface area contributed by atoms with Crippen LogP contribution in [0, 0.1) is 13.8 Å². The van der Waals surface area contributed by atoms with E-state index >= 15 is 0 Å². The summed E-state index contributed by atoms with van der Waals surface area (Å²) in [5.41, 5.74) is 3.48. The van der Waals surface area contributed by atoms with E-state index in [9.17, 15) is 14.4 Å². The van der Waals surface area contributed by atoms with E-state index in [0.717, 1.165) is 16.8 Å². The lowest BCUT2D eigenvalue weighted by atomic mass is 10.2. The Kier molecular flexibility index (Phi) is 5.42. The third kappa shape index (κ3) is 4.14. The Morgan fingerprint density at radius 2 is 1.62 bits per heavy atom. The van der Waals surface area contributed by atoms with Gasteiger partial charge in [-0.15, -0.1) is 11.8 Å². The van der Waals surface area contributed by atoms with Crippen molar-refractivity contribution in [3.63, 3.8) is 0 Å². The van der Waals surface area contributed by atoms with Gasteiger partial charge in [0.1, 0.15) is 0 Å². The number of nitrogens with one attached hydrogen (secondary N) is 1. The van der Waals surface area contributed by atoms with Gasteiger partial charge in [-0.2, -0.15) is 0 Å². The lowest BCUT2D eigenvalue weighted by Crippen LogP contribution is -2.31. The Hall–Kier alpha value is -2.60. The lowest BCUT2D eigenvalue weighted by Gasteiger charge is -2.15. The highest BCUT2D eigenvalue weighted by molar-refractivity contribution is 8.01. The summed E-state index contributed by atoms with van der Waals surface area (Å²) in [5, 5.41) is 2.28. The molecule has 6 heteroatoms. The molecule has 1 aliphatic rings. The van der Waals surface area contributed by atoms with Gasteiger partial charge in [-0.05, 0) is 38.1 Å². The first-order valence-electron chi connectivity index (χ1n) is 8.35. The molecule has 1 fully saturated rings. The topological polar surface area (TPSA) is 66.5 Å². The first-order chi connectivity index (χ1) is 12.4. The number of anilines is 2. The zero-order chi connectivity index (χ0) is 18.7. The molecule has 3 amide bonds. The van der Waals surface area contributed by atoms with Gasteiger partial charge in [-0.1, -0.05) is 35.4 Å². The summed E-state index contributed by atoms with van der Waals surface area (Å²) < 4.78 is 0. The maximum atomic E-state index is 12.6. The van der Waals surface area contributed by atoms with Gasteiger partial charge in [0.15, 0.2) is 0 Å². The number of carbonyl (C=O) groups excluding carboxylic acids is 3. The molecule has 1 atom stereocenters. The highest BCUT2D eigenvalue weighted by atomic mass is 32.2. The fraction of sp³-hybridized carbons (Fsp3) is 0.250. The minimum absolute atomic E-state index is 0.120. The SMILES string of the molecule is Cc1ccc(NC(=O)CS[C@H]2CC(=O)N(c3ccc(C)cc3)C2=O)cc1. The van der Waals surface area contributed by atoms with Crippen LogP contribution in [0.5, 0.6) is 0 Å². The van der Waals surface area contributed by atoms with Crippen LogP contribution in [-0.2, 0) is 14.4 Å². The molecule has 1 heterocycles. The number of nitrogens with zero attached hydrogens (tertiary/aromatic N) is 1. The third-order valence-electron chi connectivity index (χ3n) is 4.15. The molecule has 5 nitrogen and oxygen atoms in total. The number of hydrogen-bond donors (Lipinski definition) is 1. The molecule has 1 N–H and O–H groups in total. The summed E-state index contributed by atoms with van der Waals surface area (Å²) in [7, 11) is 0. The van der Waals surface area contributed by atoms with Gasteiger partial charge in [-0.3, -0.25) is 14.4 Å². The van der Waals surface area contributed by atoms with Crippen LogP contribution in [0.25, 0.3) is 0 Å². The molecule has 3 rings (SSSR count). The Morgan fingerprint density at radius 1 is 1.04 bits per heavy atom. The molecule has 0 bridgehead atoms. The number of amides is 3. The van der Waals surface area contributed by atoms with Crippen LogP contribution >= 0.6 is 11.8 Å². The molecule has 0 saturated carbocycles. The van der Waals surface area contributed by atoms with Gasteiger partial charge in [0.2, 0.25) is 17.7 Å². The molecule has 26 heavy (non-hydrogen) atoms. The molecule has 0 radical (unpaired) electrons. The average molecular weight is 368 g/mol. The largest absolute Gasteiger partial charge is 0.325 e. The van der Waals surface area contributed by atoms with Crippen LogP contribution in [0.1, 0.15) is 17.5 Å². The number of hydrogen-bond acceptors (Lipinski definition) is 4. The van der Waals surface area contributed by atoms with E-state index in [1.807, 2.05) is 50.2 Å². The highest BCUT2D eigenvalue weighted by Crippen LogP contribution is 2.29. The second-order valence-corrected chi connectivity index (χ2v) is 7.51. The van der Waals surface area contributed by atoms with Crippen molar-refractivity contribution >= 4 is 40.9 Å². The standard InChI is InChI=1S/C20H20N2O3S/c1-13-3-7-15(8-4-13)21-18(23)12-26-17-11-19(24)22(20(17)25)16-9-5-14(2)6-10-16/h3-10,17H,11-12H2,1-2H3,(H,21,23)/t17-/m0/s1. The van der Waals surface area contributed by atoms with E-state index in [0.29, 0.717) is 5.69 Å². The molecular formula is C20H20N2O3S. The number of imide groups is 1. The van der Waals surface area contributed by atoms with Crippen molar-refractivity contribution in [3.05, 3.63) is 59.7 Å². The summed E-state index contributed by atoms with van der Waals surface area (Å²) >= 11 is 1.20. The Morgan fingerprint density at radius 3 is 2.23 bits per heavy atom. The number of aryl methyl sites for hydroxylation is 2. The van der Waals surface area contributed by atoms with Crippen molar-refractivity contribution in [1.29, 1.82) is 0 Å². The molecule has 0 aromatic heterocycles. The van der Waals surface area contributed by atoms with Crippen molar-refractivity contribution in [2.24, 2.45) is 0 Å². The summed E-state index contributed by atoms with van der Waals surface area (Å²) in [5.74, 6) is -0.547. The van der Waals surface area contributed by atoms with Crippen LogP contribution < -0.4 is 10.2 Å². The van der Waals surface area contributed by atoms with Gasteiger partial charge >= 0.3 is 0 Å². The van der Waals surface area contributed by atoms with Gasteiger partial charge in [0.25, 0.3) is 0 Å². The number of carbonyl (C=O) groups is 3. The fourth-order valence-corrected chi connectivity index (χ4v) is 3.64. The van der Waals surface area contributed by atoms with E-state index in [-0.39, 0.29) is 29.9 Å². The quantitative estimate of drug-likeness (QED) is 0.823. The third-order valence-corrected chi connectivity index (χ3v) is 5.35. The van der Waals surface area contributed by atoms with Crippen molar-refractivity contribution < 1.29 is 14.4 Å². The first kappa shape index (κ1) is 18.2. The van der Waals surface area contributed by atoms with Crippen molar-refractivity contribution in [1.82, 2.24) is 0 Å². The minimum atomic E-state index is -0.521. The van der Waals surface area contributed by atoms with Crippen LogP contribution in [0.15, 0.2) is 48.5 Å². The summed E-state index contributed by atoms with van der Waals surface area (Å²) in [4.78, 5) is 38.1. The molecule has 0 unspecified atom stereocenters. The predicted molar refractivity (Wildman–Crippen MR) is 104 cm³/mol. The van der Waals surface area contributed by atoms with E-state index in [1.165, 1.54) is 16.7 Å². The summed E-state index contributed by atoms with van der Waals surface area (Å²) in [6.45, 7) is 3.92. The predicted octanol–water partition coefficient (Wildman–Crippen LogP) is 3.31. The minimum Gasteiger partial charge on any atom is -0.325 e. The average Bonchev–Trinajstić information content (AvgIpc) is 2.90. The monoisotopic (exact) mass is 368 g/mol. The molecule has 2 aromatic rings. The Labute approximate surface area is 156 Å². The molecule has 0 aliphatic carbocycles. The zero-order valence-corrected chi connectivity index (χ0v) is 15.5. The van der Waals surface area contributed by atoms with Crippen molar-refractivity contribution in [2.45, 2.75) is 25.5 Å². The normalized spacial score (nSPS) is 16.8. The maximum Gasteiger partial charge on any atom is 0.247 e. The molecule has 2 aromatic carbocycles. The van der Waals surface area contributed by atoms with Crippen LogP contribution in [0.2, 0.25) is 0 Å². The number of rotatable bonds is 5. The molecule has 1 aliphatic heterocycles. The zero-order valence-electron chi connectivity index (χ0n) is 14.7. The lowest BCUT2D eigenvalue weighted by molar-refractivity contribution is -0.121. The Balaban J connectivity index is 1.57. The van der Waals surface area contributed by atoms with E-state index in [4.69, 9.17) is 0 Å². The molecule has 0 spiro atoms. The molecule has 134 valence electrons. The summed E-state index contributed by atoms with van der Waals surface area (Å²) in [6, 6.07) is 14.8. The second-order valence-electron chi connectivity index (χ2n) is 6.32. The van der Waals surface area contributed by atoms with Crippen LogP contribution in [0.3, 0.4) is 0 Å². The van der Waals surface area contributed by atoms with Crippen molar-refractivity contribution in [3.8, 4) is 0 Å². The fourth-order valence-electron chi connectivity index (χ4n) is 2.71. The Bertz CT molecular complexity index is 831. The number of benzene rings is 2. The van der Waals surface area contributed by atoms with Crippen LogP contribution in [-0.4, -0.2) is 28.7 Å². The second kappa shape index (κ2) is 7.74.